The van der Waals surface area contributed by atoms with Gasteiger partial charge < -0.3 is 5.11 Å². The molecule has 0 aromatic heterocycles. The van der Waals surface area contributed by atoms with Gasteiger partial charge in [0.1, 0.15) is 5.75 Å². The van der Waals surface area contributed by atoms with Crippen molar-refractivity contribution in [2.24, 2.45) is 0 Å². The Kier molecular flexibility index (Phi) is 5.14. The minimum absolute atomic E-state index is 0.0671. The summed E-state index contributed by atoms with van der Waals surface area (Å²) in [6, 6.07) is 33.1. The fourth-order valence-electron chi connectivity index (χ4n) is 4.00. The lowest BCUT2D eigenvalue weighted by atomic mass is 9.90. The van der Waals surface area contributed by atoms with Crippen LogP contribution in [0.4, 0.5) is 0 Å². The molecule has 0 radical (unpaired) electrons. The van der Waals surface area contributed by atoms with E-state index in [1.807, 2.05) is 36.4 Å². The maximum absolute atomic E-state index is 10.9. The molecule has 2 nitrogen and oxygen atoms in total. The molecule has 4 aromatic carbocycles. The molecule has 0 aliphatic carbocycles. The van der Waals surface area contributed by atoms with Crippen LogP contribution in [0, 0.1) is 0 Å². The van der Waals surface area contributed by atoms with Crippen LogP contribution in [0.15, 0.2) is 97.1 Å². The Morgan fingerprint density at radius 3 is 1.93 bits per heavy atom. The van der Waals surface area contributed by atoms with E-state index in [-0.39, 0.29) is 12.1 Å². The fourth-order valence-corrected chi connectivity index (χ4v) is 4.00. The molecule has 1 N–H and O–H groups in total. The quantitative estimate of drug-likeness (QED) is 0.446. The predicted octanol–water partition coefficient (Wildman–Crippen LogP) is 6.33. The van der Waals surface area contributed by atoms with Crippen molar-refractivity contribution < 1.29 is 5.11 Å². The van der Waals surface area contributed by atoms with Crippen LogP contribution in [0.5, 0.6) is 5.75 Å². The summed E-state index contributed by atoms with van der Waals surface area (Å²) in [7, 11) is 2.14. The Bertz CT molecular complexity index is 1060. The van der Waals surface area contributed by atoms with Crippen molar-refractivity contribution in [2.45, 2.75) is 19.0 Å². The Morgan fingerprint density at radius 1 is 0.679 bits per heavy atom. The van der Waals surface area contributed by atoms with E-state index in [0.717, 1.165) is 16.3 Å². The summed E-state index contributed by atoms with van der Waals surface area (Å²) >= 11 is 0. The Labute approximate surface area is 166 Å². The third-order valence-corrected chi connectivity index (χ3v) is 5.64. The second-order valence-corrected chi connectivity index (χ2v) is 7.28. The highest BCUT2D eigenvalue weighted by atomic mass is 16.3. The van der Waals surface area contributed by atoms with E-state index in [4.69, 9.17) is 0 Å². The van der Waals surface area contributed by atoms with E-state index >= 15 is 0 Å². The van der Waals surface area contributed by atoms with Gasteiger partial charge in [0.25, 0.3) is 0 Å². The van der Waals surface area contributed by atoms with Gasteiger partial charge in [0.15, 0.2) is 0 Å². The number of hydrogen-bond donors (Lipinski definition) is 1. The normalized spacial score (nSPS) is 13.5. The van der Waals surface area contributed by atoms with E-state index < -0.39 is 0 Å². The van der Waals surface area contributed by atoms with Crippen LogP contribution in [0.3, 0.4) is 0 Å². The number of aromatic hydroxyl groups is 1. The first-order chi connectivity index (χ1) is 13.7. The number of phenolic OH excluding ortho intramolecular Hbond substituents is 1. The highest BCUT2D eigenvalue weighted by Crippen LogP contribution is 2.41. The van der Waals surface area contributed by atoms with E-state index in [1.165, 1.54) is 11.1 Å². The summed E-state index contributed by atoms with van der Waals surface area (Å²) in [4.78, 5) is 2.34. The largest absolute Gasteiger partial charge is 0.508 e. The van der Waals surface area contributed by atoms with Crippen LogP contribution in [-0.4, -0.2) is 17.1 Å². The number of benzene rings is 4. The van der Waals surface area contributed by atoms with Gasteiger partial charge in [-0.15, -0.1) is 0 Å². The van der Waals surface area contributed by atoms with Crippen LogP contribution < -0.4 is 0 Å². The second kappa shape index (κ2) is 7.87. The summed E-state index contributed by atoms with van der Waals surface area (Å²) in [5.41, 5.74) is 3.37. The fraction of sp³-hybridized carbons (Fsp3) is 0.154. The maximum Gasteiger partial charge on any atom is 0.121 e. The van der Waals surface area contributed by atoms with Crippen molar-refractivity contribution in [3.05, 3.63) is 114 Å². The minimum atomic E-state index is -0.0671. The molecule has 0 spiro atoms. The van der Waals surface area contributed by atoms with E-state index in [9.17, 15) is 5.11 Å². The standard InChI is InChI=1S/C26H25NO/c1-19(20-11-5-3-6-12-20)27(2)26(22-14-7-4-8-15-22)25-23-16-10-9-13-21(23)17-18-24(25)28/h3-19,26,28H,1-2H3/t19-,26?/m0/s1. The Balaban J connectivity index is 1.90. The summed E-state index contributed by atoms with van der Waals surface area (Å²) in [6.45, 7) is 2.22. The molecule has 140 valence electrons. The van der Waals surface area contributed by atoms with E-state index in [2.05, 4.69) is 79.5 Å². The molecule has 0 bridgehead atoms. The minimum Gasteiger partial charge on any atom is -0.508 e. The second-order valence-electron chi connectivity index (χ2n) is 7.28. The molecule has 4 aromatic rings. The first-order valence-electron chi connectivity index (χ1n) is 9.69. The molecular weight excluding hydrogens is 342 g/mol. The van der Waals surface area contributed by atoms with Crippen molar-refractivity contribution in [1.29, 1.82) is 0 Å². The van der Waals surface area contributed by atoms with Crippen LogP contribution in [0.25, 0.3) is 10.8 Å². The van der Waals surface area contributed by atoms with Gasteiger partial charge in [-0.25, -0.2) is 0 Å². The number of rotatable bonds is 5. The zero-order chi connectivity index (χ0) is 19.5. The van der Waals surface area contributed by atoms with Gasteiger partial charge >= 0.3 is 0 Å². The van der Waals surface area contributed by atoms with Crippen LogP contribution in [0.2, 0.25) is 0 Å². The Morgan fingerprint density at radius 2 is 1.25 bits per heavy atom. The average molecular weight is 367 g/mol. The van der Waals surface area contributed by atoms with Crippen LogP contribution >= 0.6 is 0 Å². The zero-order valence-electron chi connectivity index (χ0n) is 16.3. The third-order valence-electron chi connectivity index (χ3n) is 5.64. The summed E-state index contributed by atoms with van der Waals surface area (Å²) in [5, 5.41) is 13.1. The van der Waals surface area contributed by atoms with Gasteiger partial charge in [0, 0.05) is 11.6 Å². The molecule has 28 heavy (non-hydrogen) atoms. The molecule has 2 heteroatoms. The molecule has 0 saturated heterocycles. The molecule has 2 atom stereocenters. The molecule has 0 aliphatic heterocycles. The van der Waals surface area contributed by atoms with E-state index in [1.54, 1.807) is 0 Å². The molecule has 0 aliphatic rings. The number of nitrogens with zero attached hydrogens (tertiary/aromatic N) is 1. The van der Waals surface area contributed by atoms with Crippen molar-refractivity contribution >= 4 is 10.8 Å². The lowest BCUT2D eigenvalue weighted by Crippen LogP contribution is -2.28. The van der Waals surface area contributed by atoms with Crippen molar-refractivity contribution in [1.82, 2.24) is 4.90 Å². The lowest BCUT2D eigenvalue weighted by molar-refractivity contribution is 0.211. The van der Waals surface area contributed by atoms with Gasteiger partial charge in [-0.1, -0.05) is 91.0 Å². The number of hydrogen-bond acceptors (Lipinski definition) is 2. The molecule has 0 fully saturated rings. The first-order valence-corrected chi connectivity index (χ1v) is 9.69. The number of phenols is 1. The van der Waals surface area contributed by atoms with Gasteiger partial charge in [-0.05, 0) is 41.9 Å². The first kappa shape index (κ1) is 18.3. The SMILES string of the molecule is C[C@@H](c1ccccc1)N(C)C(c1ccccc1)c1c(O)ccc2ccccc12. The number of fused-ring (bicyclic) bond motifs is 1. The smallest absolute Gasteiger partial charge is 0.121 e. The maximum atomic E-state index is 10.9. The van der Waals surface area contributed by atoms with Crippen LogP contribution in [-0.2, 0) is 0 Å². The molecule has 4 rings (SSSR count). The van der Waals surface area contributed by atoms with Gasteiger partial charge in [-0.2, -0.15) is 0 Å². The summed E-state index contributed by atoms with van der Waals surface area (Å²) < 4.78 is 0. The lowest BCUT2D eigenvalue weighted by Gasteiger charge is -2.35. The Hall–Kier alpha value is -3.10. The predicted molar refractivity (Wildman–Crippen MR) is 117 cm³/mol. The summed E-state index contributed by atoms with van der Waals surface area (Å²) in [6.07, 6.45) is 0. The van der Waals surface area contributed by atoms with Crippen molar-refractivity contribution in [3.8, 4) is 5.75 Å². The zero-order valence-corrected chi connectivity index (χ0v) is 16.3. The molecule has 0 amide bonds. The van der Waals surface area contributed by atoms with E-state index in [0.29, 0.717) is 5.75 Å². The third kappa shape index (κ3) is 3.39. The van der Waals surface area contributed by atoms with Gasteiger partial charge in [-0.3, -0.25) is 4.90 Å². The summed E-state index contributed by atoms with van der Waals surface area (Å²) in [5.74, 6) is 0.333. The van der Waals surface area contributed by atoms with Gasteiger partial charge in [0.05, 0.1) is 6.04 Å². The molecule has 0 heterocycles. The van der Waals surface area contributed by atoms with Crippen molar-refractivity contribution in [3.63, 3.8) is 0 Å². The molecule has 1 unspecified atom stereocenters. The highest BCUT2D eigenvalue weighted by Gasteiger charge is 2.27. The van der Waals surface area contributed by atoms with Crippen LogP contribution in [0.1, 0.15) is 35.7 Å². The topological polar surface area (TPSA) is 23.5 Å². The average Bonchev–Trinajstić information content (AvgIpc) is 2.76. The van der Waals surface area contributed by atoms with Crippen molar-refractivity contribution in [2.75, 3.05) is 7.05 Å². The molecule has 0 saturated carbocycles. The monoisotopic (exact) mass is 367 g/mol. The van der Waals surface area contributed by atoms with Gasteiger partial charge in [0.2, 0.25) is 0 Å². The molecular formula is C26H25NO. The highest BCUT2D eigenvalue weighted by molar-refractivity contribution is 5.88.